The summed E-state index contributed by atoms with van der Waals surface area (Å²) < 4.78 is 36.4. The Morgan fingerprint density at radius 2 is 1.79 bits per heavy atom. The maximum Gasteiger partial charge on any atom is 0.307 e. The molecule has 0 radical (unpaired) electrons. The molecule has 9 heteroatoms. The average molecular weight is 358 g/mol. The molecule has 0 saturated heterocycles. The Bertz CT molecular complexity index is 672. The predicted molar refractivity (Wildman–Crippen MR) is 87.0 cm³/mol. The minimum absolute atomic E-state index is 0.0279. The summed E-state index contributed by atoms with van der Waals surface area (Å²) in [5.74, 6) is -0.363. The van der Waals surface area contributed by atoms with Gasteiger partial charge >= 0.3 is 5.97 Å². The van der Waals surface area contributed by atoms with Crippen molar-refractivity contribution in [3.8, 4) is 5.75 Å². The van der Waals surface area contributed by atoms with E-state index in [4.69, 9.17) is 4.74 Å². The summed E-state index contributed by atoms with van der Waals surface area (Å²) in [7, 11) is 0.384. The first-order valence-electron chi connectivity index (χ1n) is 7.19. The van der Waals surface area contributed by atoms with E-state index in [1.807, 2.05) is 0 Å². The van der Waals surface area contributed by atoms with Crippen molar-refractivity contribution in [1.29, 1.82) is 0 Å². The molecule has 8 nitrogen and oxygen atoms in total. The molecule has 0 bridgehead atoms. The molecular weight excluding hydrogens is 336 g/mol. The summed E-state index contributed by atoms with van der Waals surface area (Å²) in [6.45, 7) is 1.58. The van der Waals surface area contributed by atoms with E-state index >= 15 is 0 Å². The van der Waals surface area contributed by atoms with Gasteiger partial charge in [0.2, 0.25) is 15.9 Å². The number of ether oxygens (including phenoxy) is 2. The zero-order valence-corrected chi connectivity index (χ0v) is 14.9. The Morgan fingerprint density at radius 1 is 1.21 bits per heavy atom. The second-order valence-corrected chi connectivity index (χ2v) is 6.82. The molecule has 1 amide bonds. The molecule has 0 heterocycles. The maximum absolute atomic E-state index is 12.3. The highest BCUT2D eigenvalue weighted by molar-refractivity contribution is 7.89. The van der Waals surface area contributed by atoms with Gasteiger partial charge in [-0.15, -0.1) is 0 Å². The number of amides is 1. The number of sulfonamides is 1. The standard InChI is InChI=1S/C15H22N2O6S/c1-11(15(19)17(2)10-9-14(18)23-4)16-24(20,21)13-7-5-12(22-3)6-8-13/h5-8,11,16H,9-10H2,1-4H3/t11-/m0/s1. The van der Waals surface area contributed by atoms with E-state index in [2.05, 4.69) is 9.46 Å². The minimum Gasteiger partial charge on any atom is -0.497 e. The van der Waals surface area contributed by atoms with E-state index < -0.39 is 27.9 Å². The summed E-state index contributed by atoms with van der Waals surface area (Å²) in [6, 6.07) is 4.84. The largest absolute Gasteiger partial charge is 0.497 e. The second kappa shape index (κ2) is 8.65. The van der Waals surface area contributed by atoms with Crippen molar-refractivity contribution in [2.24, 2.45) is 0 Å². The Hall–Kier alpha value is -2.13. The zero-order chi connectivity index (χ0) is 18.3. The quantitative estimate of drug-likeness (QED) is 0.674. The highest BCUT2D eigenvalue weighted by Gasteiger charge is 2.24. The molecule has 134 valence electrons. The molecule has 1 aromatic rings. The molecule has 0 aliphatic rings. The summed E-state index contributed by atoms with van der Waals surface area (Å²) in [5.41, 5.74) is 0. The summed E-state index contributed by atoms with van der Waals surface area (Å²) >= 11 is 0. The van der Waals surface area contributed by atoms with Crippen molar-refractivity contribution in [1.82, 2.24) is 9.62 Å². The topological polar surface area (TPSA) is 102 Å². The molecule has 0 aliphatic carbocycles. The second-order valence-electron chi connectivity index (χ2n) is 5.10. The van der Waals surface area contributed by atoms with Crippen LogP contribution in [0.25, 0.3) is 0 Å². The van der Waals surface area contributed by atoms with Gasteiger partial charge in [0.1, 0.15) is 5.75 Å². The Kier molecular flexibility index (Phi) is 7.18. The molecule has 0 fully saturated rings. The predicted octanol–water partition coefficient (Wildman–Crippen LogP) is 0.384. The fourth-order valence-electron chi connectivity index (χ4n) is 1.91. The van der Waals surface area contributed by atoms with E-state index in [0.717, 1.165) is 0 Å². The number of esters is 1. The molecular formula is C15H22N2O6S. The van der Waals surface area contributed by atoms with Gasteiger partial charge in [0, 0.05) is 13.6 Å². The van der Waals surface area contributed by atoms with Crippen LogP contribution in [0.15, 0.2) is 29.2 Å². The number of benzene rings is 1. The van der Waals surface area contributed by atoms with Crippen LogP contribution < -0.4 is 9.46 Å². The van der Waals surface area contributed by atoms with Gasteiger partial charge in [0.25, 0.3) is 0 Å². The lowest BCUT2D eigenvalue weighted by Gasteiger charge is -2.21. The van der Waals surface area contributed by atoms with Gasteiger partial charge in [0.05, 0.1) is 31.6 Å². The number of carbonyl (C=O) groups excluding carboxylic acids is 2. The van der Waals surface area contributed by atoms with Crippen molar-refractivity contribution in [2.45, 2.75) is 24.3 Å². The molecule has 1 aromatic carbocycles. The number of nitrogens with one attached hydrogen (secondary N) is 1. The highest BCUT2D eigenvalue weighted by atomic mass is 32.2. The van der Waals surface area contributed by atoms with Crippen molar-refractivity contribution in [2.75, 3.05) is 27.8 Å². The van der Waals surface area contributed by atoms with Crippen LogP contribution in [0.4, 0.5) is 0 Å². The van der Waals surface area contributed by atoms with E-state index in [9.17, 15) is 18.0 Å². The van der Waals surface area contributed by atoms with Gasteiger partial charge in [-0.2, -0.15) is 4.72 Å². The van der Waals surface area contributed by atoms with Crippen molar-refractivity contribution in [3.05, 3.63) is 24.3 Å². The third kappa shape index (κ3) is 5.50. The van der Waals surface area contributed by atoms with Gasteiger partial charge in [0.15, 0.2) is 0 Å². The van der Waals surface area contributed by atoms with Crippen LogP contribution in [0.3, 0.4) is 0 Å². The van der Waals surface area contributed by atoms with E-state index in [1.54, 1.807) is 0 Å². The van der Waals surface area contributed by atoms with Gasteiger partial charge in [-0.25, -0.2) is 8.42 Å². The smallest absolute Gasteiger partial charge is 0.307 e. The van der Waals surface area contributed by atoms with Crippen LogP contribution >= 0.6 is 0 Å². The number of hydrogen-bond donors (Lipinski definition) is 1. The van der Waals surface area contributed by atoms with Crippen LogP contribution in [-0.2, 0) is 24.3 Å². The minimum atomic E-state index is -3.84. The molecule has 1 atom stereocenters. The normalized spacial score (nSPS) is 12.3. The molecule has 0 saturated carbocycles. The van der Waals surface area contributed by atoms with Crippen LogP contribution in [0.2, 0.25) is 0 Å². The fraction of sp³-hybridized carbons (Fsp3) is 0.467. The summed E-state index contributed by atoms with van der Waals surface area (Å²) in [5, 5.41) is 0. The van der Waals surface area contributed by atoms with Gasteiger partial charge in [-0.1, -0.05) is 0 Å². The summed E-state index contributed by atoms with van der Waals surface area (Å²) in [4.78, 5) is 24.6. The Morgan fingerprint density at radius 3 is 2.29 bits per heavy atom. The molecule has 24 heavy (non-hydrogen) atoms. The third-order valence-corrected chi connectivity index (χ3v) is 4.88. The SMILES string of the molecule is COC(=O)CCN(C)C(=O)[C@H](C)NS(=O)(=O)c1ccc(OC)cc1. The van der Waals surface area contributed by atoms with E-state index in [-0.39, 0.29) is 17.9 Å². The number of rotatable bonds is 8. The van der Waals surface area contributed by atoms with Gasteiger partial charge in [-0.05, 0) is 31.2 Å². The van der Waals surface area contributed by atoms with Gasteiger partial charge in [-0.3, -0.25) is 9.59 Å². The number of methoxy groups -OCH3 is 2. The number of nitrogens with zero attached hydrogens (tertiary/aromatic N) is 1. The molecule has 0 aromatic heterocycles. The maximum atomic E-state index is 12.3. The third-order valence-electron chi connectivity index (χ3n) is 3.33. The molecule has 0 unspecified atom stereocenters. The molecule has 1 rings (SSSR count). The monoisotopic (exact) mass is 358 g/mol. The number of likely N-dealkylation sites (N-methyl/N-ethyl adjacent to an activating group) is 1. The average Bonchev–Trinajstić information content (AvgIpc) is 2.58. The van der Waals surface area contributed by atoms with Crippen LogP contribution in [0, 0.1) is 0 Å². The molecule has 0 aliphatic heterocycles. The lowest BCUT2D eigenvalue weighted by Crippen LogP contribution is -2.45. The van der Waals surface area contributed by atoms with Crippen LogP contribution in [0.1, 0.15) is 13.3 Å². The van der Waals surface area contributed by atoms with Crippen LogP contribution in [-0.4, -0.2) is 59.0 Å². The van der Waals surface area contributed by atoms with Crippen molar-refractivity contribution < 1.29 is 27.5 Å². The lowest BCUT2D eigenvalue weighted by atomic mass is 10.3. The summed E-state index contributed by atoms with van der Waals surface area (Å²) in [6.07, 6.45) is 0.0384. The van der Waals surface area contributed by atoms with Crippen molar-refractivity contribution >= 4 is 21.9 Å². The molecule has 0 spiro atoms. The number of hydrogen-bond acceptors (Lipinski definition) is 6. The molecule has 1 N–H and O–H groups in total. The van der Waals surface area contributed by atoms with E-state index in [0.29, 0.717) is 5.75 Å². The van der Waals surface area contributed by atoms with E-state index in [1.165, 1.54) is 57.4 Å². The first-order valence-corrected chi connectivity index (χ1v) is 8.67. The number of carbonyl (C=O) groups is 2. The van der Waals surface area contributed by atoms with Crippen LogP contribution in [0.5, 0.6) is 5.75 Å². The van der Waals surface area contributed by atoms with Crippen molar-refractivity contribution in [3.63, 3.8) is 0 Å². The highest BCUT2D eigenvalue weighted by Crippen LogP contribution is 2.15. The Balaban J connectivity index is 2.71. The Labute approximate surface area is 141 Å². The first-order chi connectivity index (χ1) is 11.2. The zero-order valence-electron chi connectivity index (χ0n) is 14.1. The first kappa shape index (κ1) is 19.9. The fourth-order valence-corrected chi connectivity index (χ4v) is 3.10. The lowest BCUT2D eigenvalue weighted by molar-refractivity contribution is -0.141. The van der Waals surface area contributed by atoms with Gasteiger partial charge < -0.3 is 14.4 Å².